The van der Waals surface area contributed by atoms with Gasteiger partial charge in [0.1, 0.15) is 11.9 Å². The summed E-state index contributed by atoms with van der Waals surface area (Å²) in [5.41, 5.74) is 1.80. The zero-order chi connectivity index (χ0) is 20.1. The van der Waals surface area contributed by atoms with Crippen LogP contribution in [0.5, 0.6) is 5.75 Å². The molecule has 7 nitrogen and oxygen atoms in total. The molecule has 0 saturated carbocycles. The molecule has 4 rings (SSSR count). The number of amides is 1. The number of aliphatic hydroxyl groups is 1. The Labute approximate surface area is 170 Å². The molecule has 0 aliphatic carbocycles. The number of benzene rings is 1. The Hall–Kier alpha value is -2.48. The lowest BCUT2D eigenvalue weighted by Crippen LogP contribution is -2.42. The van der Waals surface area contributed by atoms with Crippen LogP contribution < -0.4 is 10.1 Å². The summed E-state index contributed by atoms with van der Waals surface area (Å²) in [5, 5.41) is 12.6. The highest BCUT2D eigenvalue weighted by Gasteiger charge is 2.28. The van der Waals surface area contributed by atoms with Crippen molar-refractivity contribution in [2.24, 2.45) is 0 Å². The van der Waals surface area contributed by atoms with E-state index in [1.54, 1.807) is 12.1 Å². The lowest BCUT2D eigenvalue weighted by molar-refractivity contribution is 0.0880. The predicted molar refractivity (Wildman–Crippen MR) is 108 cm³/mol. The molecular weight excluding hydrogens is 370 g/mol. The Bertz CT molecular complexity index is 809. The number of rotatable bonds is 6. The van der Waals surface area contributed by atoms with Crippen LogP contribution in [0.2, 0.25) is 0 Å². The Kier molecular flexibility index (Phi) is 6.39. The fourth-order valence-electron chi connectivity index (χ4n) is 3.77. The first-order valence-electron chi connectivity index (χ1n) is 10.1. The normalized spacial score (nSPS) is 23.1. The number of piperidine rings is 1. The molecule has 1 amide bonds. The number of hydrogen-bond donors (Lipinski definition) is 2. The number of nitrogens with one attached hydrogen (secondary N) is 1. The molecule has 3 heterocycles. The fraction of sp³-hybridized carbons (Fsp3) is 0.455. The van der Waals surface area contributed by atoms with Crippen LogP contribution in [0.25, 0.3) is 0 Å². The lowest BCUT2D eigenvalue weighted by atomic mass is 10.1. The summed E-state index contributed by atoms with van der Waals surface area (Å²) in [5.74, 6) is 0.477. The Morgan fingerprint density at radius 2 is 2.00 bits per heavy atom. The molecule has 0 bridgehead atoms. The number of nitrogens with zero attached hydrogens (tertiary/aromatic N) is 2. The van der Waals surface area contributed by atoms with Crippen LogP contribution >= 0.6 is 0 Å². The second kappa shape index (κ2) is 9.35. The van der Waals surface area contributed by atoms with Crippen molar-refractivity contribution in [1.29, 1.82) is 0 Å². The van der Waals surface area contributed by atoms with Crippen molar-refractivity contribution in [3.05, 3.63) is 59.9 Å². The molecule has 2 saturated heterocycles. The van der Waals surface area contributed by atoms with Crippen molar-refractivity contribution in [3.8, 4) is 5.75 Å². The topological polar surface area (TPSA) is 83.9 Å². The highest BCUT2D eigenvalue weighted by atomic mass is 16.5. The van der Waals surface area contributed by atoms with E-state index in [0.29, 0.717) is 17.9 Å². The maximum absolute atomic E-state index is 12.5. The first-order valence-corrected chi connectivity index (χ1v) is 10.1. The van der Waals surface area contributed by atoms with Gasteiger partial charge in [-0.1, -0.05) is 6.07 Å². The average molecular weight is 397 g/mol. The van der Waals surface area contributed by atoms with Crippen LogP contribution in [0.15, 0.2) is 48.8 Å². The summed E-state index contributed by atoms with van der Waals surface area (Å²) >= 11 is 0. The standard InChI is InChI=1S/C22H27N3O4/c26-21-15-28-14-20(21)24-22(27)17-2-1-3-19(12-17)29-18-6-10-25(11-7-18)13-16-4-8-23-9-5-16/h1-5,8-9,12,18,20-21,26H,6-7,10-11,13-15H2,(H,24,27)/t20-,21-/m1/s1. The first-order chi connectivity index (χ1) is 14.2. The number of aliphatic hydroxyl groups excluding tert-OH is 1. The summed E-state index contributed by atoms with van der Waals surface area (Å²) < 4.78 is 11.3. The quantitative estimate of drug-likeness (QED) is 0.771. The SMILES string of the molecule is O=C(N[C@@H]1COC[C@H]1O)c1cccc(OC2CCN(Cc3ccncc3)CC2)c1. The van der Waals surface area contributed by atoms with Gasteiger partial charge in [0.2, 0.25) is 0 Å². The maximum atomic E-state index is 12.5. The third kappa shape index (κ3) is 5.32. The summed E-state index contributed by atoms with van der Waals surface area (Å²) in [6, 6.07) is 11.0. The van der Waals surface area contributed by atoms with Crippen molar-refractivity contribution >= 4 is 5.91 Å². The Morgan fingerprint density at radius 1 is 1.21 bits per heavy atom. The minimum absolute atomic E-state index is 0.145. The molecular formula is C22H27N3O4. The zero-order valence-electron chi connectivity index (χ0n) is 16.4. The molecule has 2 fully saturated rings. The maximum Gasteiger partial charge on any atom is 0.251 e. The highest BCUT2D eigenvalue weighted by Crippen LogP contribution is 2.21. The van der Waals surface area contributed by atoms with Gasteiger partial charge in [-0.3, -0.25) is 14.7 Å². The molecule has 29 heavy (non-hydrogen) atoms. The Balaban J connectivity index is 1.28. The third-order valence-electron chi connectivity index (χ3n) is 5.46. The van der Waals surface area contributed by atoms with E-state index in [2.05, 4.69) is 27.3 Å². The molecule has 2 aliphatic heterocycles. The number of likely N-dealkylation sites (tertiary alicyclic amines) is 1. The minimum atomic E-state index is -0.657. The van der Waals surface area contributed by atoms with Crippen molar-refractivity contribution < 1.29 is 19.4 Å². The second-order valence-electron chi connectivity index (χ2n) is 7.66. The summed E-state index contributed by atoms with van der Waals surface area (Å²) in [4.78, 5) is 19.0. The van der Waals surface area contributed by atoms with Crippen LogP contribution in [-0.2, 0) is 11.3 Å². The van der Waals surface area contributed by atoms with Gasteiger partial charge in [-0.15, -0.1) is 0 Å². The Morgan fingerprint density at radius 3 is 2.72 bits per heavy atom. The number of carbonyl (C=O) groups excluding carboxylic acids is 1. The lowest BCUT2D eigenvalue weighted by Gasteiger charge is -2.32. The van der Waals surface area contributed by atoms with Gasteiger partial charge in [0.25, 0.3) is 5.91 Å². The molecule has 2 aliphatic rings. The van der Waals surface area contributed by atoms with Crippen molar-refractivity contribution in [3.63, 3.8) is 0 Å². The van der Waals surface area contributed by atoms with Gasteiger partial charge in [0.05, 0.1) is 25.4 Å². The van der Waals surface area contributed by atoms with Crippen LogP contribution in [0, 0.1) is 0 Å². The minimum Gasteiger partial charge on any atom is -0.490 e. The molecule has 2 N–H and O–H groups in total. The molecule has 0 spiro atoms. The van der Waals surface area contributed by atoms with E-state index in [1.807, 2.05) is 24.5 Å². The highest BCUT2D eigenvalue weighted by molar-refractivity contribution is 5.94. The van der Waals surface area contributed by atoms with Gasteiger partial charge >= 0.3 is 0 Å². The van der Waals surface area contributed by atoms with Crippen LogP contribution in [0.1, 0.15) is 28.8 Å². The molecule has 154 valence electrons. The smallest absolute Gasteiger partial charge is 0.251 e. The number of pyridine rings is 1. The molecule has 1 aromatic heterocycles. The van der Waals surface area contributed by atoms with E-state index in [9.17, 15) is 9.90 Å². The van der Waals surface area contributed by atoms with Crippen molar-refractivity contribution in [2.45, 2.75) is 37.6 Å². The van der Waals surface area contributed by atoms with E-state index in [4.69, 9.17) is 9.47 Å². The zero-order valence-corrected chi connectivity index (χ0v) is 16.4. The van der Waals surface area contributed by atoms with Crippen molar-refractivity contribution in [2.75, 3.05) is 26.3 Å². The number of hydrogen-bond acceptors (Lipinski definition) is 6. The molecule has 7 heteroatoms. The van der Waals surface area contributed by atoms with E-state index in [1.165, 1.54) is 5.56 Å². The van der Waals surface area contributed by atoms with Gasteiger partial charge in [-0.05, 0) is 48.7 Å². The molecule has 2 aromatic rings. The monoisotopic (exact) mass is 397 g/mol. The molecule has 0 unspecified atom stereocenters. The van der Waals surface area contributed by atoms with Crippen LogP contribution in [-0.4, -0.2) is 65.5 Å². The van der Waals surface area contributed by atoms with Crippen LogP contribution in [0.4, 0.5) is 0 Å². The van der Waals surface area contributed by atoms with E-state index in [0.717, 1.165) is 32.5 Å². The number of carbonyl (C=O) groups is 1. The second-order valence-corrected chi connectivity index (χ2v) is 7.66. The number of ether oxygens (including phenoxy) is 2. The van der Waals surface area contributed by atoms with E-state index >= 15 is 0 Å². The molecule has 1 aromatic carbocycles. The molecule has 2 atom stereocenters. The molecule has 0 radical (unpaired) electrons. The van der Waals surface area contributed by atoms with Crippen LogP contribution in [0.3, 0.4) is 0 Å². The summed E-state index contributed by atoms with van der Waals surface area (Å²) in [6.45, 7) is 3.48. The number of aromatic nitrogens is 1. The fourth-order valence-corrected chi connectivity index (χ4v) is 3.77. The summed E-state index contributed by atoms with van der Waals surface area (Å²) in [7, 11) is 0. The predicted octanol–water partition coefficient (Wildman–Crippen LogP) is 1.61. The average Bonchev–Trinajstić information content (AvgIpc) is 3.15. The summed E-state index contributed by atoms with van der Waals surface area (Å²) in [6.07, 6.45) is 5.05. The van der Waals surface area contributed by atoms with Gasteiger partial charge in [-0.2, -0.15) is 0 Å². The van der Waals surface area contributed by atoms with E-state index in [-0.39, 0.29) is 24.7 Å². The van der Waals surface area contributed by atoms with Gasteiger partial charge < -0.3 is 19.9 Å². The van der Waals surface area contributed by atoms with E-state index < -0.39 is 6.10 Å². The van der Waals surface area contributed by atoms with Crippen molar-refractivity contribution in [1.82, 2.24) is 15.2 Å². The first kappa shape index (κ1) is 19.8. The van der Waals surface area contributed by atoms with Gasteiger partial charge in [-0.25, -0.2) is 0 Å². The van der Waals surface area contributed by atoms with Gasteiger partial charge in [0.15, 0.2) is 0 Å². The van der Waals surface area contributed by atoms with Gasteiger partial charge in [0, 0.05) is 37.6 Å². The largest absolute Gasteiger partial charge is 0.490 e. The third-order valence-corrected chi connectivity index (χ3v) is 5.46.